The van der Waals surface area contributed by atoms with Gasteiger partial charge in [0.05, 0.1) is 6.54 Å². The van der Waals surface area contributed by atoms with Crippen LogP contribution in [0.2, 0.25) is 0 Å². The zero-order valence-electron chi connectivity index (χ0n) is 10.4. The lowest BCUT2D eigenvalue weighted by Gasteiger charge is -2.22. The van der Waals surface area contributed by atoms with Crippen molar-refractivity contribution >= 4 is 0 Å². The molecule has 5 heteroatoms. The number of aromatic nitrogens is 2. The van der Waals surface area contributed by atoms with Crippen LogP contribution in [0.5, 0.6) is 0 Å². The maximum Gasteiger partial charge on any atom is 0.230 e. The van der Waals surface area contributed by atoms with Gasteiger partial charge in [0.25, 0.3) is 0 Å². The maximum atomic E-state index is 8.88. The fraction of sp³-hybridized carbons (Fsp3) is 0.833. The summed E-state index contributed by atoms with van der Waals surface area (Å²) in [5.74, 6) is 1.43. The third-order valence-electron chi connectivity index (χ3n) is 3.34. The molecule has 96 valence electrons. The molecular formula is C12H21N3O2. The Kier molecular flexibility index (Phi) is 4.50. The topological polar surface area (TPSA) is 62.4 Å². The molecule has 1 unspecified atom stereocenters. The van der Waals surface area contributed by atoms with Crippen molar-refractivity contribution in [1.82, 2.24) is 15.1 Å². The molecule has 1 aromatic heterocycles. The van der Waals surface area contributed by atoms with Gasteiger partial charge in [-0.25, -0.2) is 0 Å². The van der Waals surface area contributed by atoms with Crippen LogP contribution in [0.1, 0.15) is 44.4 Å². The Morgan fingerprint density at radius 2 is 2.24 bits per heavy atom. The van der Waals surface area contributed by atoms with Gasteiger partial charge in [-0.05, 0) is 32.2 Å². The van der Waals surface area contributed by atoms with E-state index in [1.54, 1.807) is 0 Å². The molecule has 0 saturated carbocycles. The van der Waals surface area contributed by atoms with Crippen LogP contribution in [0, 0.1) is 0 Å². The highest BCUT2D eigenvalue weighted by atomic mass is 16.4. The van der Waals surface area contributed by atoms with Crippen molar-refractivity contribution in [1.29, 1.82) is 0 Å². The van der Waals surface area contributed by atoms with E-state index in [0.717, 1.165) is 38.2 Å². The fourth-order valence-electron chi connectivity index (χ4n) is 2.43. The summed E-state index contributed by atoms with van der Waals surface area (Å²) in [4.78, 5) is 2.39. The van der Waals surface area contributed by atoms with E-state index < -0.39 is 0 Å². The van der Waals surface area contributed by atoms with Gasteiger partial charge in [0, 0.05) is 19.1 Å². The Hall–Kier alpha value is -0.940. The van der Waals surface area contributed by atoms with Crippen molar-refractivity contribution in [2.75, 3.05) is 13.2 Å². The first-order chi connectivity index (χ1) is 8.33. The minimum Gasteiger partial charge on any atom is -0.424 e. The van der Waals surface area contributed by atoms with Crippen molar-refractivity contribution < 1.29 is 9.52 Å². The Morgan fingerprint density at radius 1 is 1.41 bits per heavy atom. The lowest BCUT2D eigenvalue weighted by molar-refractivity contribution is 0.194. The fourth-order valence-corrected chi connectivity index (χ4v) is 2.43. The largest absolute Gasteiger partial charge is 0.424 e. The van der Waals surface area contributed by atoms with Gasteiger partial charge in [0.2, 0.25) is 11.8 Å². The molecule has 0 bridgehead atoms. The molecular weight excluding hydrogens is 218 g/mol. The highest BCUT2D eigenvalue weighted by Gasteiger charge is 2.25. The Morgan fingerprint density at radius 3 is 2.94 bits per heavy atom. The lowest BCUT2D eigenvalue weighted by Crippen LogP contribution is -2.29. The van der Waals surface area contributed by atoms with Gasteiger partial charge in [-0.1, -0.05) is 6.92 Å². The molecule has 1 N–H and O–H groups in total. The molecule has 1 aromatic rings. The van der Waals surface area contributed by atoms with Crippen molar-refractivity contribution in [3.63, 3.8) is 0 Å². The van der Waals surface area contributed by atoms with E-state index in [1.807, 2.05) is 6.92 Å². The second-order valence-corrected chi connectivity index (χ2v) is 4.58. The standard InChI is InChI=1S/C12H21N3O2/c1-2-11-13-14-12(17-11)9-15-7-3-5-10(15)6-4-8-16/h10,16H,2-9H2,1H3. The van der Waals surface area contributed by atoms with Crippen molar-refractivity contribution in [3.05, 3.63) is 11.8 Å². The van der Waals surface area contributed by atoms with E-state index in [2.05, 4.69) is 15.1 Å². The minimum absolute atomic E-state index is 0.283. The van der Waals surface area contributed by atoms with Crippen LogP contribution in [0.3, 0.4) is 0 Å². The number of likely N-dealkylation sites (tertiary alicyclic amines) is 1. The van der Waals surface area contributed by atoms with E-state index in [0.29, 0.717) is 11.9 Å². The molecule has 2 rings (SSSR count). The average Bonchev–Trinajstić information content (AvgIpc) is 2.96. The first kappa shape index (κ1) is 12.5. The van der Waals surface area contributed by atoms with Crippen LogP contribution in [0.25, 0.3) is 0 Å². The second-order valence-electron chi connectivity index (χ2n) is 4.58. The third kappa shape index (κ3) is 3.26. The van der Waals surface area contributed by atoms with Gasteiger partial charge in [0.1, 0.15) is 0 Å². The Labute approximate surface area is 102 Å². The Bertz CT molecular complexity index is 340. The van der Waals surface area contributed by atoms with Crippen LogP contribution < -0.4 is 0 Å². The summed E-state index contributed by atoms with van der Waals surface area (Å²) >= 11 is 0. The molecule has 17 heavy (non-hydrogen) atoms. The molecule has 1 aliphatic heterocycles. The average molecular weight is 239 g/mol. The zero-order valence-corrected chi connectivity index (χ0v) is 10.4. The first-order valence-corrected chi connectivity index (χ1v) is 6.49. The summed E-state index contributed by atoms with van der Waals surface area (Å²) in [7, 11) is 0. The van der Waals surface area contributed by atoms with Crippen LogP contribution in [-0.2, 0) is 13.0 Å². The van der Waals surface area contributed by atoms with Gasteiger partial charge in [0.15, 0.2) is 0 Å². The first-order valence-electron chi connectivity index (χ1n) is 6.49. The molecule has 0 radical (unpaired) electrons. The van der Waals surface area contributed by atoms with Crippen molar-refractivity contribution in [2.24, 2.45) is 0 Å². The van der Waals surface area contributed by atoms with E-state index in [9.17, 15) is 0 Å². The number of aliphatic hydroxyl groups excluding tert-OH is 1. The second kappa shape index (κ2) is 6.12. The normalized spacial score (nSPS) is 21.2. The van der Waals surface area contributed by atoms with E-state index in [-0.39, 0.29) is 6.61 Å². The summed E-state index contributed by atoms with van der Waals surface area (Å²) in [6.07, 6.45) is 5.18. The summed E-state index contributed by atoms with van der Waals surface area (Å²) in [5, 5.41) is 16.9. The van der Waals surface area contributed by atoms with Crippen LogP contribution >= 0.6 is 0 Å². The number of nitrogens with zero attached hydrogens (tertiary/aromatic N) is 3. The minimum atomic E-state index is 0.283. The summed E-state index contributed by atoms with van der Waals surface area (Å²) in [5.41, 5.74) is 0. The smallest absolute Gasteiger partial charge is 0.230 e. The molecule has 0 aliphatic carbocycles. The van der Waals surface area contributed by atoms with E-state index >= 15 is 0 Å². The summed E-state index contributed by atoms with van der Waals surface area (Å²) < 4.78 is 5.53. The van der Waals surface area contributed by atoms with Crippen LogP contribution in [0.4, 0.5) is 0 Å². The van der Waals surface area contributed by atoms with Gasteiger partial charge in [-0.15, -0.1) is 10.2 Å². The Balaban J connectivity index is 1.88. The summed E-state index contributed by atoms with van der Waals surface area (Å²) in [6.45, 7) is 4.14. The van der Waals surface area contributed by atoms with Crippen LogP contribution in [0.15, 0.2) is 4.42 Å². The number of hydrogen-bond acceptors (Lipinski definition) is 5. The van der Waals surface area contributed by atoms with Crippen molar-refractivity contribution in [3.8, 4) is 0 Å². The van der Waals surface area contributed by atoms with E-state index in [1.165, 1.54) is 12.8 Å². The SMILES string of the molecule is CCc1nnc(CN2CCCC2CCCO)o1. The predicted molar refractivity (Wildman–Crippen MR) is 63.4 cm³/mol. The molecule has 2 heterocycles. The third-order valence-corrected chi connectivity index (χ3v) is 3.34. The molecule has 5 nitrogen and oxygen atoms in total. The van der Waals surface area contributed by atoms with Crippen molar-refractivity contribution in [2.45, 2.75) is 51.6 Å². The molecule has 1 saturated heterocycles. The van der Waals surface area contributed by atoms with E-state index in [4.69, 9.17) is 9.52 Å². The van der Waals surface area contributed by atoms with Gasteiger partial charge >= 0.3 is 0 Å². The number of aryl methyl sites for hydroxylation is 1. The molecule has 1 atom stereocenters. The lowest BCUT2D eigenvalue weighted by atomic mass is 10.1. The molecule has 0 aromatic carbocycles. The summed E-state index contributed by atoms with van der Waals surface area (Å²) in [6, 6.07) is 0.569. The quantitative estimate of drug-likeness (QED) is 0.812. The van der Waals surface area contributed by atoms with Crippen LogP contribution in [-0.4, -0.2) is 39.4 Å². The molecule has 1 aliphatic rings. The molecule has 0 amide bonds. The number of aliphatic hydroxyl groups is 1. The monoisotopic (exact) mass is 239 g/mol. The predicted octanol–water partition coefficient (Wildman–Crippen LogP) is 1.37. The molecule has 1 fully saturated rings. The van der Waals surface area contributed by atoms with Gasteiger partial charge in [-0.3, -0.25) is 4.90 Å². The molecule has 0 spiro atoms. The highest BCUT2D eigenvalue weighted by molar-refractivity contribution is 4.86. The van der Waals surface area contributed by atoms with Gasteiger partial charge in [-0.2, -0.15) is 0 Å². The number of rotatable bonds is 6. The zero-order chi connectivity index (χ0) is 12.1. The van der Waals surface area contributed by atoms with Gasteiger partial charge < -0.3 is 9.52 Å². The number of hydrogen-bond donors (Lipinski definition) is 1. The highest BCUT2D eigenvalue weighted by Crippen LogP contribution is 2.23. The maximum absolute atomic E-state index is 8.88.